The minimum absolute atomic E-state index is 0.0423. The maximum absolute atomic E-state index is 13.1. The molecule has 3 heteroatoms. The van der Waals surface area contributed by atoms with E-state index in [1.54, 1.807) is 0 Å². The Hall–Kier alpha value is -2.52. The van der Waals surface area contributed by atoms with Crippen LogP contribution in [0.3, 0.4) is 0 Å². The number of halogens is 1. The van der Waals surface area contributed by atoms with Crippen LogP contribution in [0.1, 0.15) is 32.2 Å². The molecule has 3 aromatic carbocycles. The molecular weight excluding hydrogens is 388 g/mol. The van der Waals surface area contributed by atoms with Crippen molar-refractivity contribution in [2.24, 2.45) is 11.8 Å². The second-order valence-electron chi connectivity index (χ2n) is 6.56. The third-order valence-electron chi connectivity index (χ3n) is 5.01. The second-order valence-corrected chi connectivity index (χ2v) is 7.41. The van der Waals surface area contributed by atoms with Gasteiger partial charge >= 0.3 is 0 Å². The van der Waals surface area contributed by atoms with E-state index >= 15 is 0 Å². The van der Waals surface area contributed by atoms with E-state index < -0.39 is 0 Å². The zero-order valence-corrected chi connectivity index (χ0v) is 15.6. The van der Waals surface area contributed by atoms with Crippen molar-refractivity contribution in [1.29, 1.82) is 0 Å². The van der Waals surface area contributed by atoms with Crippen LogP contribution in [0.25, 0.3) is 0 Å². The quantitative estimate of drug-likeness (QED) is 0.522. The van der Waals surface area contributed by atoms with Crippen LogP contribution in [-0.2, 0) is 0 Å². The number of rotatable bonds is 5. The molecule has 26 heavy (non-hydrogen) atoms. The van der Waals surface area contributed by atoms with E-state index in [1.165, 1.54) is 0 Å². The molecule has 0 spiro atoms. The molecular formula is C23H17BrO2. The molecule has 0 aromatic heterocycles. The summed E-state index contributed by atoms with van der Waals surface area (Å²) in [6.45, 7) is 0. The Labute approximate surface area is 161 Å². The molecule has 3 aromatic rings. The van der Waals surface area contributed by atoms with Gasteiger partial charge in [0.25, 0.3) is 0 Å². The zero-order valence-electron chi connectivity index (χ0n) is 14.0. The third-order valence-corrected chi connectivity index (χ3v) is 5.73. The lowest BCUT2D eigenvalue weighted by molar-refractivity contribution is 0.0906. The highest BCUT2D eigenvalue weighted by Gasteiger charge is 2.59. The van der Waals surface area contributed by atoms with Crippen molar-refractivity contribution < 1.29 is 9.59 Å². The molecule has 0 heterocycles. The summed E-state index contributed by atoms with van der Waals surface area (Å²) in [5.74, 6) is -0.639. The van der Waals surface area contributed by atoms with Crippen LogP contribution in [0, 0.1) is 11.8 Å². The Morgan fingerprint density at radius 2 is 1.04 bits per heavy atom. The summed E-state index contributed by atoms with van der Waals surface area (Å²) >= 11 is 3.58. The number of hydrogen-bond donors (Lipinski definition) is 0. The summed E-state index contributed by atoms with van der Waals surface area (Å²) in [6.07, 6.45) is 0. The first kappa shape index (κ1) is 16.9. The van der Waals surface area contributed by atoms with Crippen molar-refractivity contribution in [2.75, 3.05) is 0 Å². The Kier molecular flexibility index (Phi) is 4.56. The van der Waals surface area contributed by atoms with Crippen molar-refractivity contribution in [3.05, 3.63) is 106 Å². The molecule has 128 valence electrons. The van der Waals surface area contributed by atoms with Crippen molar-refractivity contribution in [2.45, 2.75) is 5.92 Å². The summed E-state index contributed by atoms with van der Waals surface area (Å²) < 4.78 is 0.944. The van der Waals surface area contributed by atoms with Crippen LogP contribution < -0.4 is 0 Å². The topological polar surface area (TPSA) is 34.1 Å². The molecule has 0 radical (unpaired) electrons. The SMILES string of the molecule is O=C(c1ccccc1)[C@@H]1C(c2ccccc2Br)[C@H]1C(=O)c1ccccc1. The van der Waals surface area contributed by atoms with E-state index in [0.717, 1.165) is 10.0 Å². The Morgan fingerprint density at radius 1 is 0.615 bits per heavy atom. The fourth-order valence-electron chi connectivity index (χ4n) is 3.69. The average Bonchev–Trinajstić information content (AvgIpc) is 3.43. The predicted molar refractivity (Wildman–Crippen MR) is 105 cm³/mol. The number of benzene rings is 3. The summed E-state index contributed by atoms with van der Waals surface area (Å²) in [5.41, 5.74) is 2.35. The lowest BCUT2D eigenvalue weighted by Gasteiger charge is -2.03. The highest BCUT2D eigenvalue weighted by Crippen LogP contribution is 2.58. The molecule has 2 atom stereocenters. The number of hydrogen-bond acceptors (Lipinski definition) is 2. The molecule has 1 saturated carbocycles. The van der Waals surface area contributed by atoms with Gasteiger partial charge in [-0.3, -0.25) is 9.59 Å². The summed E-state index contributed by atoms with van der Waals surface area (Å²) in [4.78, 5) is 26.2. The fraction of sp³-hybridized carbons (Fsp3) is 0.130. The van der Waals surface area contributed by atoms with Crippen LogP contribution in [0.5, 0.6) is 0 Å². The molecule has 1 aliphatic rings. The minimum atomic E-state index is -0.316. The highest BCUT2D eigenvalue weighted by molar-refractivity contribution is 9.10. The minimum Gasteiger partial charge on any atom is -0.294 e. The lowest BCUT2D eigenvalue weighted by atomic mass is 10.0. The highest BCUT2D eigenvalue weighted by atomic mass is 79.9. The second kappa shape index (κ2) is 7.00. The van der Waals surface area contributed by atoms with Gasteiger partial charge in [-0.25, -0.2) is 0 Å². The van der Waals surface area contributed by atoms with Crippen molar-refractivity contribution in [3.63, 3.8) is 0 Å². The molecule has 1 fully saturated rings. The standard InChI is InChI=1S/C23H17BrO2/c24-18-14-8-7-13-17(18)19-20(22(25)15-9-3-1-4-10-15)21(19)23(26)16-11-5-2-6-12-16/h1-14,19-21H/t20-,21-/m1/s1. The molecule has 0 N–H and O–H groups in total. The van der Waals surface area contributed by atoms with Gasteiger partial charge in [0.2, 0.25) is 0 Å². The molecule has 4 rings (SSSR count). The Morgan fingerprint density at radius 3 is 1.50 bits per heavy atom. The third kappa shape index (κ3) is 3.04. The molecule has 0 aliphatic heterocycles. The maximum Gasteiger partial charge on any atom is 0.167 e. The van der Waals surface area contributed by atoms with Gasteiger partial charge in [-0.05, 0) is 11.6 Å². The van der Waals surface area contributed by atoms with Crippen molar-refractivity contribution >= 4 is 27.5 Å². The monoisotopic (exact) mass is 404 g/mol. The summed E-state index contributed by atoms with van der Waals surface area (Å²) in [6, 6.07) is 26.4. The van der Waals surface area contributed by atoms with Gasteiger partial charge in [0, 0.05) is 33.4 Å². The van der Waals surface area contributed by atoms with Gasteiger partial charge in [-0.2, -0.15) is 0 Å². The van der Waals surface area contributed by atoms with E-state index in [9.17, 15) is 9.59 Å². The van der Waals surface area contributed by atoms with Crippen LogP contribution in [0.2, 0.25) is 0 Å². The molecule has 2 nitrogen and oxygen atoms in total. The molecule has 0 bridgehead atoms. The van der Waals surface area contributed by atoms with Crippen LogP contribution in [0.4, 0.5) is 0 Å². The van der Waals surface area contributed by atoms with Crippen LogP contribution >= 0.6 is 15.9 Å². The molecule has 0 amide bonds. The van der Waals surface area contributed by atoms with Gasteiger partial charge in [0.05, 0.1) is 0 Å². The van der Waals surface area contributed by atoms with Gasteiger partial charge in [-0.15, -0.1) is 0 Å². The predicted octanol–water partition coefficient (Wildman–Crippen LogP) is 5.54. The number of ketones is 2. The zero-order chi connectivity index (χ0) is 18.1. The van der Waals surface area contributed by atoms with Crippen LogP contribution in [-0.4, -0.2) is 11.6 Å². The summed E-state index contributed by atoms with van der Waals surface area (Å²) in [7, 11) is 0. The number of carbonyl (C=O) groups is 2. The van der Waals surface area contributed by atoms with Gasteiger partial charge < -0.3 is 0 Å². The molecule has 0 unspecified atom stereocenters. The van der Waals surface area contributed by atoms with Crippen molar-refractivity contribution in [3.8, 4) is 0 Å². The Balaban J connectivity index is 1.71. The normalized spacial score (nSPS) is 21.2. The van der Waals surface area contributed by atoms with E-state index in [2.05, 4.69) is 15.9 Å². The first-order valence-corrected chi connectivity index (χ1v) is 9.40. The largest absolute Gasteiger partial charge is 0.294 e. The molecule has 0 saturated heterocycles. The van der Waals surface area contributed by atoms with E-state index in [-0.39, 0.29) is 29.3 Å². The average molecular weight is 405 g/mol. The van der Waals surface area contributed by atoms with Gasteiger partial charge in [-0.1, -0.05) is 94.8 Å². The fourth-order valence-corrected chi connectivity index (χ4v) is 4.23. The van der Waals surface area contributed by atoms with Crippen LogP contribution in [0.15, 0.2) is 89.4 Å². The first-order valence-electron chi connectivity index (χ1n) is 8.61. The first-order chi connectivity index (χ1) is 12.7. The van der Waals surface area contributed by atoms with Gasteiger partial charge in [0.15, 0.2) is 11.6 Å². The number of Topliss-reactive ketones (excluding diaryl/α,β-unsaturated/α-hetero) is 2. The lowest BCUT2D eigenvalue weighted by Crippen LogP contribution is -2.09. The van der Waals surface area contributed by atoms with Gasteiger partial charge in [0.1, 0.15) is 0 Å². The van der Waals surface area contributed by atoms with E-state index in [0.29, 0.717) is 11.1 Å². The maximum atomic E-state index is 13.1. The smallest absolute Gasteiger partial charge is 0.167 e. The van der Waals surface area contributed by atoms with Crippen molar-refractivity contribution in [1.82, 2.24) is 0 Å². The molecule has 1 aliphatic carbocycles. The van der Waals surface area contributed by atoms with E-state index in [1.807, 2.05) is 84.9 Å². The Bertz CT molecular complexity index is 893. The number of carbonyl (C=O) groups excluding carboxylic acids is 2. The van der Waals surface area contributed by atoms with E-state index in [4.69, 9.17) is 0 Å². The summed E-state index contributed by atoms with van der Waals surface area (Å²) in [5, 5.41) is 0.